The summed E-state index contributed by atoms with van der Waals surface area (Å²) in [5.41, 5.74) is 2.23. The van der Waals surface area contributed by atoms with E-state index in [1.165, 1.54) is 11.3 Å². The van der Waals surface area contributed by atoms with Crippen LogP contribution in [0, 0.1) is 0 Å². The molecule has 1 fully saturated rings. The molecule has 3 aromatic rings. The second-order valence-corrected chi connectivity index (χ2v) is 11.5. The fraction of sp³-hybridized carbons (Fsp3) is 0.357. The van der Waals surface area contributed by atoms with Crippen LogP contribution in [-0.2, 0) is 0 Å². The van der Waals surface area contributed by atoms with Crippen molar-refractivity contribution in [1.29, 1.82) is 0 Å². The highest BCUT2D eigenvalue weighted by molar-refractivity contribution is 7.08. The number of benzene rings is 2. The number of amides is 3. The molecule has 2 heterocycles. The maximum Gasteiger partial charge on any atom is 0.319 e. The number of anilines is 1. The first-order chi connectivity index (χ1) is 18.8. The Balaban J connectivity index is 1.28. The van der Waals surface area contributed by atoms with Crippen molar-refractivity contribution in [3.8, 4) is 5.75 Å². The van der Waals surface area contributed by atoms with Crippen LogP contribution in [0.1, 0.15) is 41.1 Å². The van der Waals surface area contributed by atoms with Crippen LogP contribution in [0.2, 0.25) is 15.1 Å². The molecule has 0 bridgehead atoms. The summed E-state index contributed by atoms with van der Waals surface area (Å²) in [6.45, 7) is 3.11. The van der Waals surface area contributed by atoms with Crippen LogP contribution in [0.3, 0.4) is 0 Å². The van der Waals surface area contributed by atoms with Crippen molar-refractivity contribution in [1.82, 2.24) is 15.5 Å². The van der Waals surface area contributed by atoms with Crippen LogP contribution >= 0.6 is 46.1 Å². The average molecular weight is 610 g/mol. The third-order valence-electron chi connectivity index (χ3n) is 6.78. The molecule has 1 unspecified atom stereocenters. The van der Waals surface area contributed by atoms with E-state index in [9.17, 15) is 9.59 Å². The molecule has 39 heavy (non-hydrogen) atoms. The van der Waals surface area contributed by atoms with E-state index in [1.54, 1.807) is 25.3 Å². The summed E-state index contributed by atoms with van der Waals surface area (Å²) in [5.74, 6) is 0.625. The number of likely N-dealkylation sites (tertiary alicyclic amines) is 1. The van der Waals surface area contributed by atoms with Gasteiger partial charge in [0.1, 0.15) is 5.75 Å². The van der Waals surface area contributed by atoms with Crippen LogP contribution in [0.15, 0.2) is 53.2 Å². The monoisotopic (exact) mass is 608 g/mol. The third kappa shape index (κ3) is 8.75. The van der Waals surface area contributed by atoms with E-state index in [4.69, 9.17) is 39.5 Å². The predicted octanol–water partition coefficient (Wildman–Crippen LogP) is 6.91. The highest BCUT2D eigenvalue weighted by Gasteiger charge is 2.24. The van der Waals surface area contributed by atoms with Gasteiger partial charge in [0.05, 0.1) is 12.7 Å². The van der Waals surface area contributed by atoms with Gasteiger partial charge in [-0.05, 0) is 61.7 Å². The van der Waals surface area contributed by atoms with E-state index in [2.05, 4.69) is 20.9 Å². The van der Waals surface area contributed by atoms with Gasteiger partial charge >= 0.3 is 6.03 Å². The second kappa shape index (κ2) is 14.2. The van der Waals surface area contributed by atoms with Crippen molar-refractivity contribution in [2.75, 3.05) is 38.6 Å². The third-order valence-corrected chi connectivity index (χ3v) is 8.19. The van der Waals surface area contributed by atoms with Crippen molar-refractivity contribution < 1.29 is 14.3 Å². The van der Waals surface area contributed by atoms with Gasteiger partial charge in [-0.2, -0.15) is 0 Å². The summed E-state index contributed by atoms with van der Waals surface area (Å²) in [6.07, 6.45) is 2.62. The number of piperidine rings is 1. The minimum atomic E-state index is -0.328. The number of thiophene rings is 1. The fourth-order valence-electron chi connectivity index (χ4n) is 4.65. The Kier molecular flexibility index (Phi) is 10.8. The smallest absolute Gasteiger partial charge is 0.319 e. The van der Waals surface area contributed by atoms with Crippen molar-refractivity contribution in [2.24, 2.45) is 0 Å². The number of urea groups is 1. The van der Waals surface area contributed by atoms with Crippen molar-refractivity contribution in [2.45, 2.75) is 31.2 Å². The van der Waals surface area contributed by atoms with Gasteiger partial charge in [0.15, 0.2) is 0 Å². The maximum absolute atomic E-state index is 12.6. The number of carbonyl (C=O) groups excluding carboxylic acids is 2. The lowest BCUT2D eigenvalue weighted by atomic mass is 9.94. The highest BCUT2D eigenvalue weighted by Crippen LogP contribution is 2.26. The van der Waals surface area contributed by atoms with Crippen LogP contribution in [-0.4, -0.2) is 56.2 Å². The molecule has 1 aliphatic heterocycles. The molecule has 1 aliphatic rings. The minimum absolute atomic E-state index is 0.0845. The quantitative estimate of drug-likeness (QED) is 0.233. The number of nitrogens with zero attached hydrogens (tertiary/aromatic N) is 1. The van der Waals surface area contributed by atoms with E-state index in [-0.39, 0.29) is 23.9 Å². The molecule has 2 aromatic carbocycles. The van der Waals surface area contributed by atoms with E-state index < -0.39 is 0 Å². The molecule has 208 valence electrons. The number of nitrogens with one attached hydrogen (secondary N) is 3. The Hall–Kier alpha value is -2.49. The molecule has 7 nitrogen and oxygen atoms in total. The minimum Gasteiger partial charge on any atom is -0.495 e. The van der Waals surface area contributed by atoms with Crippen LogP contribution in [0.4, 0.5) is 10.5 Å². The van der Waals surface area contributed by atoms with Crippen molar-refractivity contribution in [3.63, 3.8) is 0 Å². The normalized spacial score (nSPS) is 15.0. The molecular weight excluding hydrogens is 579 g/mol. The lowest BCUT2D eigenvalue weighted by Gasteiger charge is -2.33. The topological polar surface area (TPSA) is 82.7 Å². The second-order valence-electron chi connectivity index (χ2n) is 9.47. The van der Waals surface area contributed by atoms with Gasteiger partial charge < -0.3 is 25.6 Å². The Bertz CT molecular complexity index is 1240. The molecule has 0 radical (unpaired) electrons. The van der Waals surface area contributed by atoms with Gasteiger partial charge in [-0.3, -0.25) is 4.79 Å². The van der Waals surface area contributed by atoms with Gasteiger partial charge in [-0.1, -0.05) is 46.9 Å². The van der Waals surface area contributed by atoms with Gasteiger partial charge in [0.2, 0.25) is 0 Å². The lowest BCUT2D eigenvalue weighted by molar-refractivity contribution is 0.0907. The first kappa shape index (κ1) is 29.5. The first-order valence-corrected chi connectivity index (χ1v) is 14.8. The highest BCUT2D eigenvalue weighted by atomic mass is 35.5. The number of hydrogen-bond donors (Lipinski definition) is 3. The number of rotatable bonds is 10. The van der Waals surface area contributed by atoms with E-state index in [0.29, 0.717) is 38.6 Å². The number of methoxy groups -OCH3 is 1. The standard InChI is InChI=1S/C28H31Cl3N4O3S/c1-38-26-17-39-16-25(26)27(36)33-23-7-10-35(11-8-23)9-6-19(18-2-4-20(29)5-3-18)15-32-28(37)34-24-13-21(30)12-22(31)14-24/h2-5,12-14,16-17,19,23H,6-11,15H2,1H3,(H,33,36)(H2,32,34,37). The average Bonchev–Trinajstić information content (AvgIpc) is 3.39. The first-order valence-electron chi connectivity index (χ1n) is 12.7. The summed E-state index contributed by atoms with van der Waals surface area (Å²) < 4.78 is 5.28. The van der Waals surface area contributed by atoms with Crippen molar-refractivity contribution >= 4 is 63.8 Å². The molecule has 0 saturated carbocycles. The molecule has 4 rings (SSSR count). The zero-order chi connectivity index (χ0) is 27.8. The van der Waals surface area contributed by atoms with E-state index in [1.807, 2.05) is 35.0 Å². The van der Waals surface area contributed by atoms with Gasteiger partial charge in [-0.25, -0.2) is 4.79 Å². The fourth-order valence-corrected chi connectivity index (χ4v) is 6.08. The molecule has 11 heteroatoms. The summed E-state index contributed by atoms with van der Waals surface area (Å²) in [5, 5.41) is 14.1. The number of carbonyl (C=O) groups is 2. The Morgan fingerprint density at radius 1 is 1.03 bits per heavy atom. The van der Waals surface area contributed by atoms with Crippen LogP contribution in [0.25, 0.3) is 0 Å². The number of hydrogen-bond acceptors (Lipinski definition) is 5. The van der Waals surface area contributed by atoms with Gasteiger partial charge in [0, 0.05) is 63.1 Å². The zero-order valence-electron chi connectivity index (χ0n) is 21.5. The summed E-state index contributed by atoms with van der Waals surface area (Å²) in [7, 11) is 1.58. The molecule has 3 N–H and O–H groups in total. The largest absolute Gasteiger partial charge is 0.495 e. The Morgan fingerprint density at radius 3 is 2.38 bits per heavy atom. The van der Waals surface area contributed by atoms with E-state index >= 15 is 0 Å². The van der Waals surface area contributed by atoms with Crippen LogP contribution < -0.4 is 20.7 Å². The molecule has 1 aromatic heterocycles. The Labute approximate surface area is 247 Å². The summed E-state index contributed by atoms with van der Waals surface area (Å²) in [6, 6.07) is 12.5. The summed E-state index contributed by atoms with van der Waals surface area (Å²) >= 11 is 19.6. The number of ether oxygens (including phenoxy) is 1. The molecule has 1 saturated heterocycles. The molecule has 3 amide bonds. The zero-order valence-corrected chi connectivity index (χ0v) is 24.6. The molecular formula is C28H31Cl3N4O3S. The Morgan fingerprint density at radius 2 is 1.72 bits per heavy atom. The molecule has 1 atom stereocenters. The molecule has 0 aliphatic carbocycles. The van der Waals surface area contributed by atoms with E-state index in [0.717, 1.165) is 44.5 Å². The van der Waals surface area contributed by atoms with Gasteiger partial charge in [-0.15, -0.1) is 11.3 Å². The lowest BCUT2D eigenvalue weighted by Crippen LogP contribution is -2.45. The predicted molar refractivity (Wildman–Crippen MR) is 160 cm³/mol. The maximum atomic E-state index is 12.6. The van der Waals surface area contributed by atoms with Crippen LogP contribution in [0.5, 0.6) is 5.75 Å². The van der Waals surface area contributed by atoms with Crippen molar-refractivity contribution in [3.05, 3.63) is 79.4 Å². The SMILES string of the molecule is COc1cscc1C(=O)NC1CCN(CCC(CNC(=O)Nc2cc(Cl)cc(Cl)c2)c2ccc(Cl)cc2)CC1. The summed E-state index contributed by atoms with van der Waals surface area (Å²) in [4.78, 5) is 27.7. The number of halogens is 3. The molecule has 0 spiro atoms. The van der Waals surface area contributed by atoms with Gasteiger partial charge in [0.25, 0.3) is 5.91 Å².